The first-order valence-electron chi connectivity index (χ1n) is 6.65. The molecule has 1 aromatic rings. The molecule has 0 saturated carbocycles. The summed E-state index contributed by atoms with van der Waals surface area (Å²) in [5.74, 6) is -0.306. The highest BCUT2D eigenvalue weighted by Crippen LogP contribution is 2.31. The van der Waals surface area contributed by atoms with Gasteiger partial charge in [-0.25, -0.2) is 4.39 Å². The predicted octanol–water partition coefficient (Wildman–Crippen LogP) is 1.34. The third-order valence-electron chi connectivity index (χ3n) is 3.72. The van der Waals surface area contributed by atoms with Crippen LogP contribution in [0.4, 0.5) is 4.39 Å². The molecule has 0 radical (unpaired) electrons. The van der Waals surface area contributed by atoms with Crippen LogP contribution in [0.3, 0.4) is 0 Å². The Bertz CT molecular complexity index is 492. The molecule has 2 unspecified atom stereocenters. The zero-order chi connectivity index (χ0) is 13.2. The van der Waals surface area contributed by atoms with E-state index in [9.17, 15) is 9.18 Å². The number of hydrogen-bond acceptors (Lipinski definition) is 3. The molecule has 1 fully saturated rings. The number of hydrogen-bond donors (Lipinski definition) is 2. The van der Waals surface area contributed by atoms with Crippen molar-refractivity contribution in [3.63, 3.8) is 0 Å². The fourth-order valence-corrected chi connectivity index (χ4v) is 2.73. The Labute approximate surface area is 123 Å². The molecule has 0 bridgehead atoms. The molecule has 6 heteroatoms. The third-order valence-corrected chi connectivity index (χ3v) is 3.72. The number of rotatable bonds is 2. The minimum atomic E-state index is -0.418. The standard InChI is InChI=1S/C14H17FN2O2.ClH/c15-10-2-3-11-9(7-10)1-4-12(11)17-14(18)13-8-16-5-6-19-13;/h2-3,7,12-13,16H,1,4-6,8H2,(H,17,18);1H. The molecule has 1 amide bonds. The van der Waals surface area contributed by atoms with Gasteiger partial charge in [-0.1, -0.05) is 6.07 Å². The van der Waals surface area contributed by atoms with Crippen molar-refractivity contribution in [2.45, 2.75) is 25.0 Å². The molecule has 20 heavy (non-hydrogen) atoms. The van der Waals surface area contributed by atoms with Crippen molar-refractivity contribution in [2.75, 3.05) is 19.7 Å². The topological polar surface area (TPSA) is 50.4 Å². The molecule has 2 aliphatic rings. The molecule has 2 atom stereocenters. The first kappa shape index (κ1) is 15.2. The summed E-state index contributed by atoms with van der Waals surface area (Å²) < 4.78 is 18.5. The molecule has 1 heterocycles. The van der Waals surface area contributed by atoms with Gasteiger partial charge in [0.25, 0.3) is 5.91 Å². The highest BCUT2D eigenvalue weighted by Gasteiger charge is 2.28. The van der Waals surface area contributed by atoms with Crippen molar-refractivity contribution < 1.29 is 13.9 Å². The molecule has 2 N–H and O–H groups in total. The van der Waals surface area contributed by atoms with Crippen molar-refractivity contribution in [1.82, 2.24) is 10.6 Å². The predicted molar refractivity (Wildman–Crippen MR) is 75.5 cm³/mol. The Morgan fingerprint density at radius 2 is 2.30 bits per heavy atom. The minimum absolute atomic E-state index is 0. The lowest BCUT2D eigenvalue weighted by atomic mass is 10.1. The summed E-state index contributed by atoms with van der Waals surface area (Å²) in [6.07, 6.45) is 1.21. The van der Waals surface area contributed by atoms with Crippen molar-refractivity contribution in [3.05, 3.63) is 35.1 Å². The normalized spacial score (nSPS) is 24.6. The molecule has 0 spiro atoms. The number of carbonyl (C=O) groups excluding carboxylic acids is 1. The number of benzene rings is 1. The van der Waals surface area contributed by atoms with Crippen LogP contribution in [0, 0.1) is 5.82 Å². The number of ether oxygens (including phenoxy) is 1. The van der Waals surface area contributed by atoms with Crippen LogP contribution >= 0.6 is 12.4 Å². The number of nitrogens with one attached hydrogen (secondary N) is 2. The SMILES string of the molecule is Cl.O=C(NC1CCc2cc(F)ccc21)C1CNCCO1. The first-order chi connectivity index (χ1) is 9.24. The van der Waals surface area contributed by atoms with E-state index in [2.05, 4.69) is 10.6 Å². The highest BCUT2D eigenvalue weighted by atomic mass is 35.5. The van der Waals surface area contributed by atoms with Crippen LogP contribution in [-0.2, 0) is 16.0 Å². The van der Waals surface area contributed by atoms with E-state index in [1.807, 2.05) is 0 Å². The molecule has 0 aromatic heterocycles. The number of carbonyl (C=O) groups is 1. The highest BCUT2D eigenvalue weighted by molar-refractivity contribution is 5.85. The molecule has 4 nitrogen and oxygen atoms in total. The summed E-state index contributed by atoms with van der Waals surface area (Å²) >= 11 is 0. The number of aryl methyl sites for hydroxylation is 1. The third kappa shape index (κ3) is 3.11. The number of halogens is 2. The van der Waals surface area contributed by atoms with Crippen LogP contribution in [0.25, 0.3) is 0 Å². The lowest BCUT2D eigenvalue weighted by Gasteiger charge is -2.24. The summed E-state index contributed by atoms with van der Waals surface area (Å²) in [4.78, 5) is 12.1. The van der Waals surface area contributed by atoms with E-state index in [1.165, 1.54) is 6.07 Å². The second kappa shape index (κ2) is 6.52. The summed E-state index contributed by atoms with van der Waals surface area (Å²) in [7, 11) is 0. The van der Waals surface area contributed by atoms with Gasteiger partial charge in [-0.2, -0.15) is 0 Å². The van der Waals surface area contributed by atoms with Gasteiger partial charge in [0.1, 0.15) is 11.9 Å². The average molecular weight is 301 g/mol. The Morgan fingerprint density at radius 1 is 1.45 bits per heavy atom. The van der Waals surface area contributed by atoms with Crippen molar-refractivity contribution in [1.29, 1.82) is 0 Å². The minimum Gasteiger partial charge on any atom is -0.366 e. The van der Waals surface area contributed by atoms with Crippen LogP contribution in [0.1, 0.15) is 23.6 Å². The molecule has 1 aromatic carbocycles. The van der Waals surface area contributed by atoms with Gasteiger partial charge in [0.05, 0.1) is 12.6 Å². The van der Waals surface area contributed by atoms with E-state index in [0.717, 1.165) is 30.5 Å². The zero-order valence-electron chi connectivity index (χ0n) is 11.0. The van der Waals surface area contributed by atoms with Gasteiger partial charge in [0.2, 0.25) is 0 Å². The van der Waals surface area contributed by atoms with Crippen LogP contribution < -0.4 is 10.6 Å². The van der Waals surface area contributed by atoms with Gasteiger partial charge in [-0.3, -0.25) is 4.79 Å². The summed E-state index contributed by atoms with van der Waals surface area (Å²) in [5, 5.41) is 6.13. The van der Waals surface area contributed by atoms with Crippen molar-refractivity contribution >= 4 is 18.3 Å². The fourth-order valence-electron chi connectivity index (χ4n) is 2.73. The fraction of sp³-hybridized carbons (Fsp3) is 0.500. The lowest BCUT2D eigenvalue weighted by Crippen LogP contribution is -2.48. The molecular formula is C14H18ClFN2O2. The maximum absolute atomic E-state index is 13.1. The van der Waals surface area contributed by atoms with E-state index < -0.39 is 6.10 Å². The van der Waals surface area contributed by atoms with E-state index in [4.69, 9.17) is 4.74 Å². The maximum Gasteiger partial charge on any atom is 0.250 e. The first-order valence-corrected chi connectivity index (χ1v) is 6.65. The van der Waals surface area contributed by atoms with Gasteiger partial charge in [0.15, 0.2) is 0 Å². The van der Waals surface area contributed by atoms with Gasteiger partial charge in [0, 0.05) is 13.1 Å². The number of morpholine rings is 1. The van der Waals surface area contributed by atoms with Gasteiger partial charge >= 0.3 is 0 Å². The second-order valence-electron chi connectivity index (χ2n) is 5.01. The molecule has 1 saturated heterocycles. The smallest absolute Gasteiger partial charge is 0.250 e. The van der Waals surface area contributed by atoms with Gasteiger partial charge in [-0.15, -0.1) is 12.4 Å². The van der Waals surface area contributed by atoms with Crippen LogP contribution in [0.5, 0.6) is 0 Å². The van der Waals surface area contributed by atoms with Gasteiger partial charge < -0.3 is 15.4 Å². The average Bonchev–Trinajstić information content (AvgIpc) is 2.82. The molecule has 1 aliphatic carbocycles. The lowest BCUT2D eigenvalue weighted by molar-refractivity contribution is -0.135. The Balaban J connectivity index is 0.00000147. The molecular weight excluding hydrogens is 283 g/mol. The summed E-state index contributed by atoms with van der Waals surface area (Å²) in [5.41, 5.74) is 2.02. The van der Waals surface area contributed by atoms with Crippen LogP contribution in [0.2, 0.25) is 0 Å². The van der Waals surface area contributed by atoms with Crippen LogP contribution in [0.15, 0.2) is 18.2 Å². The second-order valence-corrected chi connectivity index (χ2v) is 5.01. The summed E-state index contributed by atoms with van der Waals surface area (Å²) in [6, 6.07) is 4.75. The number of amides is 1. The Morgan fingerprint density at radius 3 is 3.05 bits per heavy atom. The Hall–Kier alpha value is -1.17. The zero-order valence-corrected chi connectivity index (χ0v) is 11.8. The molecule has 110 valence electrons. The number of fused-ring (bicyclic) bond motifs is 1. The Kier molecular flexibility index (Phi) is 4.96. The van der Waals surface area contributed by atoms with Gasteiger partial charge in [-0.05, 0) is 36.1 Å². The quantitative estimate of drug-likeness (QED) is 0.866. The molecule has 3 rings (SSSR count). The van der Waals surface area contributed by atoms with Crippen molar-refractivity contribution in [3.8, 4) is 0 Å². The van der Waals surface area contributed by atoms with E-state index in [1.54, 1.807) is 12.1 Å². The van der Waals surface area contributed by atoms with Crippen LogP contribution in [-0.4, -0.2) is 31.7 Å². The van der Waals surface area contributed by atoms with E-state index >= 15 is 0 Å². The van der Waals surface area contributed by atoms with E-state index in [-0.39, 0.29) is 30.2 Å². The maximum atomic E-state index is 13.1. The molecule has 1 aliphatic heterocycles. The van der Waals surface area contributed by atoms with E-state index in [0.29, 0.717) is 13.2 Å². The summed E-state index contributed by atoms with van der Waals surface area (Å²) in [6.45, 7) is 1.90. The monoisotopic (exact) mass is 300 g/mol. The van der Waals surface area contributed by atoms with Crippen molar-refractivity contribution in [2.24, 2.45) is 0 Å². The largest absolute Gasteiger partial charge is 0.366 e.